The molecular weight excluding hydrogens is 615 g/mol. The maximum Gasteiger partial charge on any atom is 0.229 e. The monoisotopic (exact) mass is 649 g/mol. The Balaban J connectivity index is 1.62. The second kappa shape index (κ2) is 11.6. The SMILES string of the molecule is CC(C)(C)CCC1(NCc2ccc(C#N)cc2)C(=O)C(C2=NS(O)(O)c3cc(NS(C)(=O)=O)ccc3N2)=C(O)c2ccccc21. The van der Waals surface area contributed by atoms with Gasteiger partial charge in [-0.1, -0.05) is 67.9 Å². The second-order valence-corrected chi connectivity index (χ2v) is 15.8. The van der Waals surface area contributed by atoms with Crippen LogP contribution in [0.15, 0.2) is 81.6 Å². The van der Waals surface area contributed by atoms with Crippen LogP contribution in [0.4, 0.5) is 11.4 Å². The van der Waals surface area contributed by atoms with Crippen LogP contribution in [-0.4, -0.2) is 40.5 Å². The molecule has 0 amide bonds. The van der Waals surface area contributed by atoms with Crippen molar-refractivity contribution in [3.63, 3.8) is 0 Å². The first-order valence-corrected chi connectivity index (χ1v) is 17.5. The molecule has 3 aromatic carbocycles. The molecule has 1 heterocycles. The minimum absolute atomic E-state index is 0.0680. The number of benzene rings is 3. The van der Waals surface area contributed by atoms with Crippen LogP contribution in [0.5, 0.6) is 0 Å². The van der Waals surface area contributed by atoms with Crippen molar-refractivity contribution in [3.05, 3.63) is 94.6 Å². The van der Waals surface area contributed by atoms with Crippen molar-refractivity contribution < 1.29 is 27.4 Å². The first-order valence-electron chi connectivity index (χ1n) is 14.1. The second-order valence-electron chi connectivity index (χ2n) is 12.4. The number of hydrogen-bond donors (Lipinski definition) is 6. The Morgan fingerprint density at radius 3 is 2.40 bits per heavy atom. The number of fused-ring (bicyclic) bond motifs is 2. The number of aliphatic hydroxyl groups is 1. The fourth-order valence-electron chi connectivity index (χ4n) is 5.45. The largest absolute Gasteiger partial charge is 0.506 e. The number of nitrogens with one attached hydrogen (secondary N) is 3. The van der Waals surface area contributed by atoms with Crippen molar-refractivity contribution in [2.45, 2.75) is 50.6 Å². The molecule has 0 aromatic heterocycles. The molecule has 5 rings (SSSR count). The first kappa shape index (κ1) is 32.2. The Labute approximate surface area is 264 Å². The molecule has 1 aliphatic heterocycles. The number of hydrogen-bond acceptors (Lipinski definition) is 10. The highest BCUT2D eigenvalue weighted by Gasteiger charge is 2.49. The summed E-state index contributed by atoms with van der Waals surface area (Å²) in [7, 11) is -7.57. The van der Waals surface area contributed by atoms with Crippen LogP contribution in [0.25, 0.3) is 5.76 Å². The molecular formula is C32H35N5O6S2. The standard InChI is InChI=1S/C32H35N5O6S2/c1-31(2,3)15-16-32(34-19-21-11-9-20(18-33)10-12-21)24-8-6-5-7-23(24)28(38)27(29(32)39)30-35-25-14-13-22(36-44(4,40)41)17-26(25)45(42,43)37-30/h5-14,17,34,36,38,42-43H,15-16,19H2,1-4H3,(H,35,37). The molecule has 1 aliphatic carbocycles. The van der Waals surface area contributed by atoms with Gasteiger partial charge in [0.2, 0.25) is 10.0 Å². The summed E-state index contributed by atoms with van der Waals surface area (Å²) in [6.45, 7) is 6.47. The Morgan fingerprint density at radius 1 is 1.07 bits per heavy atom. The van der Waals surface area contributed by atoms with E-state index in [0.717, 1.165) is 11.8 Å². The number of ketones is 1. The highest BCUT2D eigenvalue weighted by atomic mass is 32.3. The van der Waals surface area contributed by atoms with E-state index in [4.69, 9.17) is 0 Å². The molecule has 1 unspecified atom stereocenters. The van der Waals surface area contributed by atoms with Crippen molar-refractivity contribution in [3.8, 4) is 6.07 Å². The van der Waals surface area contributed by atoms with Gasteiger partial charge in [-0.05, 0) is 59.7 Å². The van der Waals surface area contributed by atoms with Crippen molar-refractivity contribution in [1.29, 1.82) is 5.26 Å². The number of nitriles is 1. The maximum absolute atomic E-state index is 14.8. The predicted molar refractivity (Wildman–Crippen MR) is 176 cm³/mol. The highest BCUT2D eigenvalue weighted by molar-refractivity contribution is 8.23. The predicted octanol–water partition coefficient (Wildman–Crippen LogP) is 6.14. The number of rotatable bonds is 8. The molecule has 3 aromatic rings. The van der Waals surface area contributed by atoms with Crippen LogP contribution >= 0.6 is 10.8 Å². The zero-order valence-electron chi connectivity index (χ0n) is 25.2. The minimum atomic E-state index is -3.93. The molecule has 0 saturated carbocycles. The van der Waals surface area contributed by atoms with E-state index in [9.17, 15) is 32.7 Å². The zero-order valence-corrected chi connectivity index (χ0v) is 26.9. The third kappa shape index (κ3) is 6.61. The number of carbonyl (C=O) groups excluding carboxylic acids is 1. The fraction of sp³-hybridized carbons (Fsp3) is 0.281. The number of nitrogens with zero attached hydrogens (tertiary/aromatic N) is 2. The van der Waals surface area contributed by atoms with Gasteiger partial charge in [-0.15, -0.1) is 4.40 Å². The van der Waals surface area contributed by atoms with Crippen molar-refractivity contribution in [2.75, 3.05) is 16.3 Å². The van der Waals surface area contributed by atoms with Crippen LogP contribution < -0.4 is 15.4 Å². The van der Waals surface area contributed by atoms with E-state index in [0.29, 0.717) is 29.5 Å². The van der Waals surface area contributed by atoms with E-state index >= 15 is 0 Å². The van der Waals surface area contributed by atoms with Crippen molar-refractivity contribution >= 4 is 49.6 Å². The summed E-state index contributed by atoms with van der Waals surface area (Å²) in [5, 5.41) is 27.3. The summed E-state index contributed by atoms with van der Waals surface area (Å²) in [5.74, 6) is -1.08. The van der Waals surface area contributed by atoms with Crippen LogP contribution in [0.2, 0.25) is 0 Å². The average molecular weight is 650 g/mol. The lowest BCUT2D eigenvalue weighted by Crippen LogP contribution is -2.53. The Kier molecular flexibility index (Phi) is 8.32. The van der Waals surface area contributed by atoms with Gasteiger partial charge in [-0.25, -0.2) is 8.42 Å². The third-order valence-electron chi connectivity index (χ3n) is 7.71. The van der Waals surface area contributed by atoms with Gasteiger partial charge in [-0.3, -0.25) is 23.9 Å². The van der Waals surface area contributed by atoms with Crippen LogP contribution in [0, 0.1) is 16.7 Å². The number of aliphatic hydroxyl groups excluding tert-OH is 1. The van der Waals surface area contributed by atoms with Crippen LogP contribution in [0.3, 0.4) is 0 Å². The van der Waals surface area contributed by atoms with E-state index in [1.165, 1.54) is 18.2 Å². The number of anilines is 2. The average Bonchev–Trinajstić information content (AvgIpc) is 2.96. The normalized spacial score (nSPS) is 19.8. The molecule has 0 bridgehead atoms. The molecule has 13 heteroatoms. The molecule has 0 spiro atoms. The third-order valence-corrected chi connectivity index (χ3v) is 9.68. The van der Waals surface area contributed by atoms with Gasteiger partial charge in [-0.2, -0.15) is 5.26 Å². The summed E-state index contributed by atoms with van der Waals surface area (Å²) in [6.07, 6.45) is 1.94. The number of carbonyl (C=O) groups is 1. The fourth-order valence-corrected chi connectivity index (χ4v) is 7.19. The summed E-state index contributed by atoms with van der Waals surface area (Å²) >= 11 is 0. The van der Waals surface area contributed by atoms with E-state index < -0.39 is 32.1 Å². The van der Waals surface area contributed by atoms with Gasteiger partial charge in [0.1, 0.15) is 21.8 Å². The Bertz CT molecular complexity index is 1890. The van der Waals surface area contributed by atoms with Crippen molar-refractivity contribution in [2.24, 2.45) is 9.81 Å². The molecule has 0 fully saturated rings. The summed E-state index contributed by atoms with van der Waals surface area (Å²) in [5.41, 5.74) is 0.914. The van der Waals surface area contributed by atoms with E-state index in [1.807, 2.05) is 12.1 Å². The van der Waals surface area contributed by atoms with E-state index in [-0.39, 0.29) is 45.4 Å². The number of amidine groups is 1. The lowest BCUT2D eigenvalue weighted by atomic mass is 9.69. The summed E-state index contributed by atoms with van der Waals surface area (Å²) in [6, 6.07) is 20.3. The molecule has 0 saturated heterocycles. The van der Waals surface area contributed by atoms with Crippen LogP contribution in [0.1, 0.15) is 55.9 Å². The molecule has 236 valence electrons. The lowest BCUT2D eigenvalue weighted by molar-refractivity contribution is -0.122. The van der Waals surface area contributed by atoms with Gasteiger partial charge >= 0.3 is 0 Å². The van der Waals surface area contributed by atoms with Crippen molar-refractivity contribution in [1.82, 2.24) is 5.32 Å². The quantitative estimate of drug-likeness (QED) is 0.167. The highest BCUT2D eigenvalue weighted by Crippen LogP contribution is 2.57. The number of sulfonamides is 1. The van der Waals surface area contributed by atoms with E-state index in [1.54, 1.807) is 36.4 Å². The summed E-state index contributed by atoms with van der Waals surface area (Å²) in [4.78, 5) is 14.7. The zero-order chi connectivity index (χ0) is 32.8. The molecule has 0 radical (unpaired) electrons. The Hall–Kier alpha value is -4.19. The van der Waals surface area contributed by atoms with Gasteiger partial charge in [0.25, 0.3) is 0 Å². The molecule has 45 heavy (non-hydrogen) atoms. The minimum Gasteiger partial charge on any atom is -0.506 e. The first-order chi connectivity index (χ1) is 21.0. The molecule has 11 nitrogen and oxygen atoms in total. The van der Waals surface area contributed by atoms with Crippen LogP contribution in [-0.2, 0) is 26.9 Å². The van der Waals surface area contributed by atoms with Gasteiger partial charge in [0, 0.05) is 12.1 Å². The van der Waals surface area contributed by atoms with E-state index in [2.05, 4.69) is 46.6 Å². The topological polar surface area (TPSA) is 184 Å². The lowest BCUT2D eigenvalue weighted by Gasteiger charge is -2.42. The van der Waals surface area contributed by atoms with Gasteiger partial charge in [0.05, 0.1) is 29.3 Å². The smallest absolute Gasteiger partial charge is 0.229 e. The number of Topliss-reactive ketones (excluding diaryl/α,β-unsaturated/α-hetero) is 1. The molecule has 6 N–H and O–H groups in total. The van der Waals surface area contributed by atoms with Gasteiger partial charge in [0.15, 0.2) is 11.6 Å². The Morgan fingerprint density at radius 2 is 1.76 bits per heavy atom. The maximum atomic E-state index is 14.8. The van der Waals surface area contributed by atoms with Gasteiger partial charge < -0.3 is 10.4 Å². The molecule has 2 aliphatic rings. The summed E-state index contributed by atoms with van der Waals surface area (Å²) < 4.78 is 52.2. The molecule has 1 atom stereocenters.